The van der Waals surface area contributed by atoms with E-state index in [-0.39, 0.29) is 5.56 Å². The van der Waals surface area contributed by atoms with Crippen molar-refractivity contribution in [1.29, 1.82) is 0 Å². The molecule has 21 heavy (non-hydrogen) atoms. The molecule has 3 nitrogen and oxygen atoms in total. The van der Waals surface area contributed by atoms with Gasteiger partial charge in [0.1, 0.15) is 4.83 Å². The van der Waals surface area contributed by atoms with Crippen molar-refractivity contribution < 1.29 is 0 Å². The van der Waals surface area contributed by atoms with Crippen LogP contribution in [0.4, 0.5) is 0 Å². The van der Waals surface area contributed by atoms with Crippen LogP contribution in [0, 0.1) is 10.7 Å². The van der Waals surface area contributed by atoms with Crippen molar-refractivity contribution in [2.75, 3.05) is 0 Å². The number of H-pyrrole nitrogens is 1. The zero-order chi connectivity index (χ0) is 14.4. The fourth-order valence-corrected chi connectivity index (χ4v) is 5.55. The van der Waals surface area contributed by atoms with E-state index in [1.54, 1.807) is 15.9 Å². The average Bonchev–Trinajstić information content (AvgIpc) is 3.13. The standard InChI is InChI=1S/C16H20N2OS2/c19-15-13-11-6-3-7-12(11)21-14(13)17-16(20)18(15)9-8-10-4-1-2-5-10/h10H,1-9H2,(H,17,20). The van der Waals surface area contributed by atoms with Crippen molar-refractivity contribution in [3.63, 3.8) is 0 Å². The Hall–Kier alpha value is -0.940. The first-order valence-corrected chi connectivity index (χ1v) is 9.24. The molecule has 112 valence electrons. The van der Waals surface area contributed by atoms with Crippen molar-refractivity contribution in [2.24, 2.45) is 5.92 Å². The highest BCUT2D eigenvalue weighted by atomic mass is 32.1. The highest BCUT2D eigenvalue weighted by molar-refractivity contribution is 7.71. The Morgan fingerprint density at radius 3 is 2.86 bits per heavy atom. The molecule has 2 aromatic rings. The number of hydrogen-bond acceptors (Lipinski definition) is 3. The first-order valence-electron chi connectivity index (χ1n) is 8.01. The fraction of sp³-hybridized carbons (Fsp3) is 0.625. The first-order chi connectivity index (χ1) is 10.2. The van der Waals surface area contributed by atoms with Crippen LogP contribution in [-0.4, -0.2) is 9.55 Å². The minimum absolute atomic E-state index is 0.145. The Labute approximate surface area is 133 Å². The number of fused-ring (bicyclic) bond motifs is 3. The SMILES string of the molecule is O=c1c2c3c(sc2[nH]c(=S)n1CCC1CCCC1)CCC3. The maximum Gasteiger partial charge on any atom is 0.263 e. The third kappa shape index (κ3) is 2.30. The summed E-state index contributed by atoms with van der Waals surface area (Å²) in [4.78, 5) is 18.5. The molecule has 5 heteroatoms. The van der Waals surface area contributed by atoms with Crippen LogP contribution in [-0.2, 0) is 19.4 Å². The van der Waals surface area contributed by atoms with Crippen LogP contribution in [0.3, 0.4) is 0 Å². The molecule has 0 aromatic carbocycles. The van der Waals surface area contributed by atoms with Crippen molar-refractivity contribution in [2.45, 2.75) is 57.9 Å². The monoisotopic (exact) mass is 320 g/mol. The Balaban J connectivity index is 1.74. The first kappa shape index (κ1) is 13.7. The van der Waals surface area contributed by atoms with Crippen LogP contribution in [0.1, 0.15) is 49.0 Å². The van der Waals surface area contributed by atoms with Gasteiger partial charge in [-0.3, -0.25) is 9.36 Å². The zero-order valence-electron chi connectivity index (χ0n) is 12.1. The number of rotatable bonds is 3. The minimum Gasteiger partial charge on any atom is -0.323 e. The number of aromatic nitrogens is 2. The van der Waals surface area contributed by atoms with E-state index in [2.05, 4.69) is 4.98 Å². The molecule has 1 saturated carbocycles. The molecule has 0 amide bonds. The van der Waals surface area contributed by atoms with Crippen LogP contribution >= 0.6 is 23.6 Å². The lowest BCUT2D eigenvalue weighted by Gasteiger charge is -2.11. The van der Waals surface area contributed by atoms with Gasteiger partial charge in [-0.25, -0.2) is 0 Å². The Morgan fingerprint density at radius 2 is 2.05 bits per heavy atom. The molecule has 0 spiro atoms. The van der Waals surface area contributed by atoms with E-state index < -0.39 is 0 Å². The molecule has 0 bridgehead atoms. The van der Waals surface area contributed by atoms with Crippen molar-refractivity contribution in [1.82, 2.24) is 9.55 Å². The van der Waals surface area contributed by atoms with Crippen LogP contribution < -0.4 is 5.56 Å². The van der Waals surface area contributed by atoms with Gasteiger partial charge in [-0.05, 0) is 49.4 Å². The predicted octanol–water partition coefficient (Wildman–Crippen LogP) is 4.19. The lowest BCUT2D eigenvalue weighted by molar-refractivity contribution is 0.450. The number of thiophene rings is 1. The molecule has 0 aliphatic heterocycles. The second-order valence-corrected chi connectivity index (χ2v) is 7.88. The molecule has 0 saturated heterocycles. The Kier molecular flexibility index (Phi) is 3.50. The summed E-state index contributed by atoms with van der Waals surface area (Å²) in [6, 6.07) is 0. The smallest absolute Gasteiger partial charge is 0.263 e. The summed E-state index contributed by atoms with van der Waals surface area (Å²) < 4.78 is 2.41. The van der Waals surface area contributed by atoms with Gasteiger partial charge in [-0.15, -0.1) is 11.3 Å². The van der Waals surface area contributed by atoms with Gasteiger partial charge in [0.2, 0.25) is 0 Å². The van der Waals surface area contributed by atoms with Gasteiger partial charge in [0, 0.05) is 11.4 Å². The van der Waals surface area contributed by atoms with E-state index in [4.69, 9.17) is 12.2 Å². The van der Waals surface area contributed by atoms with E-state index in [0.717, 1.165) is 41.9 Å². The summed E-state index contributed by atoms with van der Waals surface area (Å²) in [6.07, 6.45) is 9.80. The van der Waals surface area contributed by atoms with Crippen LogP contribution in [0.25, 0.3) is 10.2 Å². The minimum atomic E-state index is 0.145. The van der Waals surface area contributed by atoms with E-state index in [1.807, 2.05) is 0 Å². The molecule has 2 aromatic heterocycles. The topological polar surface area (TPSA) is 37.8 Å². The zero-order valence-corrected chi connectivity index (χ0v) is 13.7. The maximum absolute atomic E-state index is 12.9. The van der Waals surface area contributed by atoms with Gasteiger partial charge in [0.05, 0.1) is 5.39 Å². The van der Waals surface area contributed by atoms with E-state index in [1.165, 1.54) is 42.5 Å². The largest absolute Gasteiger partial charge is 0.323 e. The number of nitrogens with one attached hydrogen (secondary N) is 1. The summed E-state index contributed by atoms with van der Waals surface area (Å²) in [7, 11) is 0. The van der Waals surface area contributed by atoms with Crippen LogP contribution in [0.15, 0.2) is 4.79 Å². The number of hydrogen-bond donors (Lipinski definition) is 1. The molecule has 0 unspecified atom stereocenters. The van der Waals surface area contributed by atoms with Gasteiger partial charge in [0.25, 0.3) is 5.56 Å². The molecule has 4 rings (SSSR count). The molecular weight excluding hydrogens is 300 g/mol. The predicted molar refractivity (Wildman–Crippen MR) is 89.9 cm³/mol. The summed E-state index contributed by atoms with van der Waals surface area (Å²) >= 11 is 7.16. The summed E-state index contributed by atoms with van der Waals surface area (Å²) in [5, 5.41) is 0.924. The van der Waals surface area contributed by atoms with E-state index in [0.29, 0.717) is 4.77 Å². The summed E-state index contributed by atoms with van der Waals surface area (Å²) in [5.41, 5.74) is 1.44. The Morgan fingerprint density at radius 1 is 1.24 bits per heavy atom. The molecule has 1 fully saturated rings. The molecule has 2 aliphatic rings. The van der Waals surface area contributed by atoms with Crippen molar-refractivity contribution >= 4 is 33.8 Å². The summed E-state index contributed by atoms with van der Waals surface area (Å²) in [5.74, 6) is 0.787. The average molecular weight is 320 g/mol. The van der Waals surface area contributed by atoms with Gasteiger partial charge in [0.15, 0.2) is 4.77 Å². The summed E-state index contributed by atoms with van der Waals surface area (Å²) in [6.45, 7) is 0.777. The maximum atomic E-state index is 12.9. The van der Waals surface area contributed by atoms with Gasteiger partial charge in [-0.2, -0.15) is 0 Å². The highest BCUT2D eigenvalue weighted by Crippen LogP contribution is 2.34. The van der Waals surface area contributed by atoms with Crippen molar-refractivity contribution in [3.8, 4) is 0 Å². The van der Waals surface area contributed by atoms with E-state index in [9.17, 15) is 4.79 Å². The van der Waals surface area contributed by atoms with Crippen molar-refractivity contribution in [3.05, 3.63) is 25.6 Å². The molecule has 0 atom stereocenters. The second kappa shape index (κ2) is 5.36. The lowest BCUT2D eigenvalue weighted by atomic mass is 10.0. The number of aryl methyl sites for hydroxylation is 2. The fourth-order valence-electron chi connectivity index (χ4n) is 3.92. The van der Waals surface area contributed by atoms with E-state index >= 15 is 0 Å². The van der Waals surface area contributed by atoms with Crippen LogP contribution in [0.5, 0.6) is 0 Å². The third-order valence-electron chi connectivity index (χ3n) is 5.08. The third-order valence-corrected chi connectivity index (χ3v) is 6.61. The Bertz CT molecular complexity index is 793. The highest BCUT2D eigenvalue weighted by Gasteiger charge is 2.22. The molecule has 0 radical (unpaired) electrons. The van der Waals surface area contributed by atoms with Gasteiger partial charge >= 0.3 is 0 Å². The number of aromatic amines is 1. The normalized spacial score (nSPS) is 18.7. The van der Waals surface area contributed by atoms with Gasteiger partial charge in [-0.1, -0.05) is 25.7 Å². The quantitative estimate of drug-likeness (QED) is 0.861. The molecular formula is C16H20N2OS2. The molecule has 2 heterocycles. The van der Waals surface area contributed by atoms with Crippen LogP contribution in [0.2, 0.25) is 0 Å². The molecule has 1 N–H and O–H groups in total. The lowest BCUT2D eigenvalue weighted by Crippen LogP contribution is -2.23. The van der Waals surface area contributed by atoms with Gasteiger partial charge < -0.3 is 4.98 Å². The molecule has 2 aliphatic carbocycles. The second-order valence-electron chi connectivity index (χ2n) is 6.39. The number of nitrogens with zero attached hydrogens (tertiary/aromatic N) is 1.